The van der Waals surface area contributed by atoms with Gasteiger partial charge in [0.1, 0.15) is 11.5 Å². The van der Waals surface area contributed by atoms with Crippen molar-refractivity contribution in [2.75, 3.05) is 11.9 Å². The molecule has 2 aromatic carbocycles. The molecule has 1 N–H and O–H groups in total. The maximum absolute atomic E-state index is 5.92. The second-order valence-electron chi connectivity index (χ2n) is 4.20. The molecular weight excluding hydrogens is 210 g/mol. The Morgan fingerprint density at radius 3 is 2.76 bits per heavy atom. The summed E-state index contributed by atoms with van der Waals surface area (Å²) in [5.41, 5.74) is 3.69. The molecule has 1 aliphatic rings. The number of hydrogen-bond acceptors (Lipinski definition) is 2. The zero-order valence-electron chi connectivity index (χ0n) is 9.86. The number of fused-ring (bicyclic) bond motifs is 2. The van der Waals surface area contributed by atoms with Crippen LogP contribution in [0.25, 0.3) is 0 Å². The quantitative estimate of drug-likeness (QED) is 0.716. The number of ether oxygens (including phenoxy) is 1. The molecule has 0 saturated heterocycles. The summed E-state index contributed by atoms with van der Waals surface area (Å²) in [6.45, 7) is 3.04. The van der Waals surface area contributed by atoms with E-state index < -0.39 is 0 Å². The van der Waals surface area contributed by atoms with Crippen LogP contribution in [-0.2, 0) is 6.42 Å². The van der Waals surface area contributed by atoms with Crippen molar-refractivity contribution >= 4 is 5.69 Å². The molecule has 1 aliphatic heterocycles. The van der Waals surface area contributed by atoms with Crippen molar-refractivity contribution in [2.24, 2.45) is 0 Å². The molecule has 0 fully saturated rings. The Bertz CT molecular complexity index is 548. The SMILES string of the molecule is CCNc1cccc2c1Cc1ccccc1O2. The van der Waals surface area contributed by atoms with Crippen LogP contribution < -0.4 is 10.1 Å². The van der Waals surface area contributed by atoms with Gasteiger partial charge in [0.05, 0.1) is 0 Å². The van der Waals surface area contributed by atoms with E-state index in [2.05, 4.69) is 30.4 Å². The number of benzene rings is 2. The molecule has 0 spiro atoms. The maximum atomic E-state index is 5.92. The van der Waals surface area contributed by atoms with Gasteiger partial charge in [-0.15, -0.1) is 0 Å². The van der Waals surface area contributed by atoms with Crippen molar-refractivity contribution in [3.05, 3.63) is 53.6 Å². The lowest BCUT2D eigenvalue weighted by atomic mass is 9.99. The predicted molar refractivity (Wildman–Crippen MR) is 69.9 cm³/mol. The molecule has 3 rings (SSSR count). The van der Waals surface area contributed by atoms with Gasteiger partial charge in [-0.25, -0.2) is 0 Å². The molecule has 2 heteroatoms. The van der Waals surface area contributed by atoms with Crippen LogP contribution in [0.5, 0.6) is 11.5 Å². The fourth-order valence-electron chi connectivity index (χ4n) is 2.26. The third kappa shape index (κ3) is 1.76. The Labute approximate surface area is 101 Å². The van der Waals surface area contributed by atoms with E-state index in [0.717, 1.165) is 24.5 Å². The van der Waals surface area contributed by atoms with Crippen molar-refractivity contribution in [2.45, 2.75) is 13.3 Å². The maximum Gasteiger partial charge on any atom is 0.133 e. The summed E-state index contributed by atoms with van der Waals surface area (Å²) in [6, 6.07) is 14.4. The minimum atomic E-state index is 0.929. The lowest BCUT2D eigenvalue weighted by Gasteiger charge is -2.22. The predicted octanol–water partition coefficient (Wildman–Crippen LogP) is 3.81. The summed E-state index contributed by atoms with van der Waals surface area (Å²) in [5.74, 6) is 1.95. The van der Waals surface area contributed by atoms with Crippen molar-refractivity contribution in [3.8, 4) is 11.5 Å². The average Bonchev–Trinajstić information content (AvgIpc) is 2.37. The van der Waals surface area contributed by atoms with Gasteiger partial charge in [0.15, 0.2) is 0 Å². The van der Waals surface area contributed by atoms with E-state index in [-0.39, 0.29) is 0 Å². The van der Waals surface area contributed by atoms with Crippen molar-refractivity contribution in [3.63, 3.8) is 0 Å². The first-order valence-electron chi connectivity index (χ1n) is 6.00. The molecule has 0 aromatic heterocycles. The molecular formula is C15H15NO. The van der Waals surface area contributed by atoms with Crippen molar-refractivity contribution in [1.82, 2.24) is 0 Å². The average molecular weight is 225 g/mol. The van der Waals surface area contributed by atoms with Crippen molar-refractivity contribution < 1.29 is 4.74 Å². The summed E-state index contributed by atoms with van der Waals surface area (Å²) in [7, 11) is 0. The van der Waals surface area contributed by atoms with Crippen LogP contribution >= 0.6 is 0 Å². The van der Waals surface area contributed by atoms with Gasteiger partial charge in [0.25, 0.3) is 0 Å². The monoisotopic (exact) mass is 225 g/mol. The Hall–Kier alpha value is -1.96. The molecule has 86 valence electrons. The van der Waals surface area contributed by atoms with Crippen LogP contribution in [0.15, 0.2) is 42.5 Å². The lowest BCUT2D eigenvalue weighted by molar-refractivity contribution is 0.460. The first-order chi connectivity index (χ1) is 8.38. The zero-order chi connectivity index (χ0) is 11.7. The zero-order valence-corrected chi connectivity index (χ0v) is 9.86. The van der Waals surface area contributed by atoms with Gasteiger partial charge in [-0.3, -0.25) is 0 Å². The fraction of sp³-hybridized carbons (Fsp3) is 0.200. The van der Waals surface area contributed by atoms with Gasteiger partial charge >= 0.3 is 0 Å². The Morgan fingerprint density at radius 2 is 1.88 bits per heavy atom. The number of hydrogen-bond donors (Lipinski definition) is 1. The summed E-state index contributed by atoms with van der Waals surface area (Å²) in [5, 5.41) is 3.39. The first-order valence-corrected chi connectivity index (χ1v) is 6.00. The summed E-state index contributed by atoms with van der Waals surface area (Å²) in [6.07, 6.45) is 0.939. The molecule has 17 heavy (non-hydrogen) atoms. The normalized spacial score (nSPS) is 12.3. The second-order valence-corrected chi connectivity index (χ2v) is 4.20. The smallest absolute Gasteiger partial charge is 0.133 e. The minimum absolute atomic E-state index is 0.929. The van der Waals surface area contributed by atoms with Gasteiger partial charge in [-0.1, -0.05) is 24.3 Å². The minimum Gasteiger partial charge on any atom is -0.457 e. The van der Waals surface area contributed by atoms with Crippen LogP contribution in [-0.4, -0.2) is 6.54 Å². The molecule has 0 aliphatic carbocycles. The molecule has 0 amide bonds. The van der Waals surface area contributed by atoms with Crippen LogP contribution in [0.2, 0.25) is 0 Å². The molecule has 2 aromatic rings. The van der Waals surface area contributed by atoms with Gasteiger partial charge in [0.2, 0.25) is 0 Å². The number of anilines is 1. The third-order valence-corrected chi connectivity index (χ3v) is 3.06. The van der Waals surface area contributed by atoms with E-state index in [1.54, 1.807) is 0 Å². The largest absolute Gasteiger partial charge is 0.457 e. The topological polar surface area (TPSA) is 21.3 Å². The summed E-state index contributed by atoms with van der Waals surface area (Å²) in [4.78, 5) is 0. The van der Waals surface area contributed by atoms with Crippen molar-refractivity contribution in [1.29, 1.82) is 0 Å². The Balaban J connectivity index is 2.05. The second kappa shape index (κ2) is 4.13. The number of para-hydroxylation sites is 1. The van der Waals surface area contributed by atoms with E-state index in [4.69, 9.17) is 4.74 Å². The Kier molecular flexibility index (Phi) is 2.48. The van der Waals surface area contributed by atoms with Crippen LogP contribution in [0.1, 0.15) is 18.1 Å². The van der Waals surface area contributed by atoms with Gasteiger partial charge in [-0.05, 0) is 30.7 Å². The molecule has 1 heterocycles. The molecule has 0 atom stereocenters. The summed E-state index contributed by atoms with van der Waals surface area (Å²) >= 11 is 0. The number of rotatable bonds is 2. The highest BCUT2D eigenvalue weighted by Crippen LogP contribution is 2.39. The van der Waals surface area contributed by atoms with Crippen LogP contribution in [0, 0.1) is 0 Å². The number of nitrogens with one attached hydrogen (secondary N) is 1. The highest BCUT2D eigenvalue weighted by Gasteiger charge is 2.18. The highest BCUT2D eigenvalue weighted by molar-refractivity contribution is 5.62. The fourth-order valence-corrected chi connectivity index (χ4v) is 2.26. The highest BCUT2D eigenvalue weighted by atomic mass is 16.5. The molecule has 2 nitrogen and oxygen atoms in total. The van der Waals surface area contributed by atoms with Gasteiger partial charge in [0, 0.05) is 24.2 Å². The van der Waals surface area contributed by atoms with E-state index in [1.165, 1.54) is 16.8 Å². The van der Waals surface area contributed by atoms with E-state index in [0.29, 0.717) is 0 Å². The first kappa shape index (κ1) is 10.2. The molecule has 0 radical (unpaired) electrons. The van der Waals surface area contributed by atoms with E-state index in [9.17, 15) is 0 Å². The molecule has 0 saturated carbocycles. The van der Waals surface area contributed by atoms with Crippen LogP contribution in [0.4, 0.5) is 5.69 Å². The Morgan fingerprint density at radius 1 is 1.06 bits per heavy atom. The standard InChI is InChI=1S/C15H15NO/c1-2-16-13-7-5-9-15-12(13)10-11-6-3-4-8-14(11)17-15/h3-9,16H,2,10H2,1H3. The van der Waals surface area contributed by atoms with Gasteiger partial charge < -0.3 is 10.1 Å². The third-order valence-electron chi connectivity index (χ3n) is 3.06. The molecule has 0 unspecified atom stereocenters. The lowest BCUT2D eigenvalue weighted by Crippen LogP contribution is -2.07. The van der Waals surface area contributed by atoms with E-state index in [1.807, 2.05) is 24.3 Å². The van der Waals surface area contributed by atoms with Crippen LogP contribution in [0.3, 0.4) is 0 Å². The van der Waals surface area contributed by atoms with E-state index >= 15 is 0 Å². The van der Waals surface area contributed by atoms with Gasteiger partial charge in [-0.2, -0.15) is 0 Å². The molecule has 0 bridgehead atoms. The summed E-state index contributed by atoms with van der Waals surface area (Å²) < 4.78 is 5.92.